The molecule has 0 bridgehead atoms. The Kier molecular flexibility index (Phi) is 5.61. The van der Waals surface area contributed by atoms with Crippen molar-refractivity contribution in [2.75, 3.05) is 22.9 Å². The molecule has 9 heteroatoms. The third-order valence-corrected chi connectivity index (χ3v) is 7.63. The van der Waals surface area contributed by atoms with Crippen molar-refractivity contribution in [3.8, 4) is 0 Å². The van der Waals surface area contributed by atoms with E-state index in [4.69, 9.17) is 4.98 Å². The Morgan fingerprint density at radius 1 is 1.06 bits per heavy atom. The summed E-state index contributed by atoms with van der Waals surface area (Å²) in [6.07, 6.45) is 4.09. The van der Waals surface area contributed by atoms with E-state index in [1.54, 1.807) is 22.2 Å². The molecule has 2 aromatic carbocycles. The van der Waals surface area contributed by atoms with Crippen LogP contribution in [0.25, 0.3) is 15.9 Å². The lowest BCUT2D eigenvalue weighted by atomic mass is 9.95. The number of anilines is 3. The van der Waals surface area contributed by atoms with E-state index in [1.807, 2.05) is 47.4 Å². The summed E-state index contributed by atoms with van der Waals surface area (Å²) in [5.41, 5.74) is 3.75. The van der Waals surface area contributed by atoms with Gasteiger partial charge >= 0.3 is 0 Å². The molecule has 1 amide bonds. The van der Waals surface area contributed by atoms with Crippen molar-refractivity contribution >= 4 is 49.7 Å². The van der Waals surface area contributed by atoms with Crippen LogP contribution in [-0.2, 0) is 11.2 Å². The van der Waals surface area contributed by atoms with Crippen molar-refractivity contribution in [2.45, 2.75) is 26.2 Å². The number of carbonyl (C=O) groups is 1. The van der Waals surface area contributed by atoms with Crippen molar-refractivity contribution in [2.24, 2.45) is 5.92 Å². The van der Waals surface area contributed by atoms with Gasteiger partial charge in [0.2, 0.25) is 5.91 Å². The van der Waals surface area contributed by atoms with Gasteiger partial charge in [0.1, 0.15) is 12.1 Å². The van der Waals surface area contributed by atoms with Gasteiger partial charge in [-0.25, -0.2) is 4.98 Å². The molecular weight excluding hydrogens is 458 g/mol. The van der Waals surface area contributed by atoms with Crippen LogP contribution in [0.1, 0.15) is 25.3 Å². The zero-order valence-corrected chi connectivity index (χ0v) is 20.2. The smallest absolute Gasteiger partial charge is 0.236 e. The van der Waals surface area contributed by atoms with Gasteiger partial charge in [-0.1, -0.05) is 42.5 Å². The van der Waals surface area contributed by atoms with Crippen molar-refractivity contribution in [3.63, 3.8) is 0 Å². The minimum atomic E-state index is -0.0808. The molecule has 0 radical (unpaired) electrons. The van der Waals surface area contributed by atoms with Crippen LogP contribution < -0.4 is 9.80 Å². The number of aryl methyl sites for hydroxylation is 1. The number of para-hydroxylation sites is 1. The summed E-state index contributed by atoms with van der Waals surface area (Å²) < 4.78 is 2.76. The average Bonchev–Trinajstić information content (AvgIpc) is 3.55. The molecule has 0 saturated carbocycles. The number of fused-ring (bicyclic) bond motifs is 2. The summed E-state index contributed by atoms with van der Waals surface area (Å²) in [5.74, 6) is 0.902. The van der Waals surface area contributed by atoms with E-state index >= 15 is 0 Å². The largest absolute Gasteiger partial charge is 0.355 e. The van der Waals surface area contributed by atoms with E-state index in [0.29, 0.717) is 0 Å². The highest BCUT2D eigenvalue weighted by Gasteiger charge is 2.32. The summed E-state index contributed by atoms with van der Waals surface area (Å²) in [4.78, 5) is 22.8. The summed E-state index contributed by atoms with van der Waals surface area (Å²) in [6.45, 7) is 3.66. The molecule has 1 aliphatic rings. The summed E-state index contributed by atoms with van der Waals surface area (Å²) in [5, 5.41) is 13.3. The van der Waals surface area contributed by atoms with E-state index < -0.39 is 0 Å². The zero-order chi connectivity index (χ0) is 23.8. The highest BCUT2D eigenvalue weighted by molar-refractivity contribution is 7.22. The second-order valence-corrected chi connectivity index (χ2v) is 9.75. The molecule has 0 unspecified atom stereocenters. The van der Waals surface area contributed by atoms with Gasteiger partial charge < -0.3 is 4.90 Å². The fourth-order valence-corrected chi connectivity index (χ4v) is 5.59. The molecule has 5 aromatic rings. The van der Waals surface area contributed by atoms with E-state index in [0.717, 1.165) is 64.9 Å². The predicted molar refractivity (Wildman–Crippen MR) is 138 cm³/mol. The molecule has 8 nitrogen and oxygen atoms in total. The second-order valence-electron chi connectivity index (χ2n) is 8.74. The number of amides is 1. The molecule has 1 saturated heterocycles. The van der Waals surface area contributed by atoms with Crippen LogP contribution in [0.4, 0.5) is 16.6 Å². The number of benzene rings is 2. The number of hydrogen-bond donors (Lipinski definition) is 0. The highest BCUT2D eigenvalue weighted by Crippen LogP contribution is 2.36. The number of nitrogens with zero attached hydrogens (tertiary/aromatic N) is 7. The first kappa shape index (κ1) is 21.7. The first-order valence-electron chi connectivity index (χ1n) is 11.9. The van der Waals surface area contributed by atoms with Crippen LogP contribution in [0.2, 0.25) is 0 Å². The molecule has 4 heterocycles. The molecule has 0 aliphatic carbocycles. The Morgan fingerprint density at radius 3 is 2.63 bits per heavy atom. The van der Waals surface area contributed by atoms with Crippen molar-refractivity contribution < 1.29 is 4.79 Å². The third-order valence-electron chi connectivity index (χ3n) is 6.61. The van der Waals surface area contributed by atoms with Gasteiger partial charge in [-0.2, -0.15) is 4.52 Å². The van der Waals surface area contributed by atoms with Crippen molar-refractivity contribution in [3.05, 3.63) is 72.6 Å². The average molecular weight is 484 g/mol. The van der Waals surface area contributed by atoms with Gasteiger partial charge in [0.15, 0.2) is 10.8 Å². The Hall–Kier alpha value is -3.85. The van der Waals surface area contributed by atoms with Crippen LogP contribution in [-0.4, -0.2) is 43.8 Å². The SMILES string of the molecule is CCc1ccc(N(C(=O)C2CCN(c3ccc4nncn4n3)CC2)c2nc3ccccc3s2)cc1. The molecule has 1 fully saturated rings. The van der Waals surface area contributed by atoms with Crippen LogP contribution >= 0.6 is 11.3 Å². The number of piperidine rings is 1. The standard InChI is InChI=1S/C26H25N7OS/c1-2-18-7-9-20(10-8-18)33(26-28-21-5-3-4-6-22(21)35-26)25(34)19-13-15-31(16-14-19)24-12-11-23-29-27-17-32(23)30-24/h3-12,17,19H,2,13-16H2,1H3. The molecule has 0 N–H and O–H groups in total. The van der Waals surface area contributed by atoms with Gasteiger partial charge in [-0.05, 0) is 61.2 Å². The number of thiazole rings is 1. The molecule has 176 valence electrons. The first-order chi connectivity index (χ1) is 17.2. The Morgan fingerprint density at radius 2 is 1.86 bits per heavy atom. The quantitative estimate of drug-likeness (QED) is 0.355. The first-order valence-corrected chi connectivity index (χ1v) is 12.7. The maximum atomic E-state index is 14.0. The molecule has 35 heavy (non-hydrogen) atoms. The van der Waals surface area contributed by atoms with Crippen LogP contribution in [0, 0.1) is 5.92 Å². The minimum absolute atomic E-state index is 0.0808. The minimum Gasteiger partial charge on any atom is -0.355 e. The number of carbonyl (C=O) groups excluding carboxylic acids is 1. The highest BCUT2D eigenvalue weighted by atomic mass is 32.1. The lowest BCUT2D eigenvalue weighted by molar-refractivity contribution is -0.122. The number of aromatic nitrogens is 5. The third kappa shape index (κ3) is 4.12. The molecule has 0 atom stereocenters. The van der Waals surface area contributed by atoms with E-state index in [1.165, 1.54) is 5.56 Å². The lowest BCUT2D eigenvalue weighted by Crippen LogP contribution is -2.41. The van der Waals surface area contributed by atoms with Crippen molar-refractivity contribution in [1.82, 2.24) is 24.8 Å². The van der Waals surface area contributed by atoms with Gasteiger partial charge in [0.25, 0.3) is 0 Å². The fourth-order valence-electron chi connectivity index (χ4n) is 4.59. The monoisotopic (exact) mass is 483 g/mol. The van der Waals surface area contributed by atoms with Crippen LogP contribution in [0.5, 0.6) is 0 Å². The van der Waals surface area contributed by atoms with E-state index in [9.17, 15) is 4.79 Å². The summed E-state index contributed by atoms with van der Waals surface area (Å²) in [7, 11) is 0. The zero-order valence-electron chi connectivity index (χ0n) is 19.4. The van der Waals surface area contributed by atoms with Crippen molar-refractivity contribution in [1.29, 1.82) is 0 Å². The predicted octanol–water partition coefficient (Wildman–Crippen LogP) is 4.88. The molecule has 1 aliphatic heterocycles. The number of hydrogen-bond acceptors (Lipinski definition) is 7. The molecular formula is C26H25N7OS. The Labute approximate surface area is 206 Å². The molecule has 6 rings (SSSR count). The normalized spacial score (nSPS) is 14.6. The second kappa shape index (κ2) is 9.07. The van der Waals surface area contributed by atoms with Gasteiger partial charge in [0.05, 0.1) is 15.9 Å². The maximum Gasteiger partial charge on any atom is 0.236 e. The van der Waals surface area contributed by atoms with Gasteiger partial charge in [0, 0.05) is 19.0 Å². The topological polar surface area (TPSA) is 79.5 Å². The summed E-state index contributed by atoms with van der Waals surface area (Å²) >= 11 is 1.56. The maximum absolute atomic E-state index is 14.0. The Balaban J connectivity index is 1.26. The lowest BCUT2D eigenvalue weighted by Gasteiger charge is -2.34. The van der Waals surface area contributed by atoms with Crippen LogP contribution in [0.3, 0.4) is 0 Å². The van der Waals surface area contributed by atoms with E-state index in [2.05, 4.69) is 45.3 Å². The fraction of sp³-hybridized carbons (Fsp3) is 0.269. The summed E-state index contributed by atoms with van der Waals surface area (Å²) in [6, 6.07) is 20.2. The van der Waals surface area contributed by atoms with Crippen LogP contribution in [0.15, 0.2) is 67.0 Å². The van der Waals surface area contributed by atoms with Gasteiger partial charge in [-0.15, -0.1) is 15.3 Å². The molecule has 3 aromatic heterocycles. The van der Waals surface area contributed by atoms with Gasteiger partial charge in [-0.3, -0.25) is 9.69 Å². The Bertz CT molecular complexity index is 1450. The van der Waals surface area contributed by atoms with E-state index in [-0.39, 0.29) is 11.8 Å². The molecule has 0 spiro atoms. The number of rotatable bonds is 5.